The van der Waals surface area contributed by atoms with E-state index in [0.29, 0.717) is 0 Å². The highest BCUT2D eigenvalue weighted by atomic mass is 127. The summed E-state index contributed by atoms with van der Waals surface area (Å²) in [5.74, 6) is 0.0405. The summed E-state index contributed by atoms with van der Waals surface area (Å²) in [4.78, 5) is 11.8. The van der Waals surface area contributed by atoms with Crippen LogP contribution in [0.2, 0.25) is 0 Å². The fourth-order valence-electron chi connectivity index (χ4n) is 1.76. The smallest absolute Gasteiger partial charge is 0.252 e. The third kappa shape index (κ3) is 4.08. The Morgan fingerprint density at radius 3 is 3.12 bits per heavy atom. The topological polar surface area (TPSA) is 41.1 Å². The number of hydrogen-bond acceptors (Lipinski definition) is 3. The predicted molar refractivity (Wildman–Crippen MR) is 79.6 cm³/mol. The van der Waals surface area contributed by atoms with E-state index in [9.17, 15) is 4.79 Å². The Bertz CT molecular complexity index is 428. The lowest BCUT2D eigenvalue weighted by molar-refractivity contribution is 0.0954. The van der Waals surface area contributed by atoms with Crippen LogP contribution in [0.4, 0.5) is 0 Å². The minimum Gasteiger partial charge on any atom is -0.352 e. The first-order valence-corrected chi connectivity index (χ1v) is 7.62. The van der Waals surface area contributed by atoms with E-state index >= 15 is 0 Å². The molecule has 0 unspecified atom stereocenters. The molecule has 3 nitrogen and oxygen atoms in total. The second kappa shape index (κ2) is 6.51. The van der Waals surface area contributed by atoms with Gasteiger partial charge < -0.3 is 10.6 Å². The number of carbonyl (C=O) groups is 1. The molecule has 1 aliphatic heterocycles. The Kier molecular flexibility index (Phi) is 4.99. The molecule has 1 aromatic rings. The highest BCUT2D eigenvalue weighted by Crippen LogP contribution is 2.16. The van der Waals surface area contributed by atoms with Crippen LogP contribution in [0.1, 0.15) is 23.2 Å². The van der Waals surface area contributed by atoms with Gasteiger partial charge in [-0.05, 0) is 48.0 Å². The van der Waals surface area contributed by atoms with Crippen LogP contribution in [-0.4, -0.2) is 25.5 Å². The molecule has 1 aromatic heterocycles. The van der Waals surface area contributed by atoms with Crippen molar-refractivity contribution in [1.29, 1.82) is 0 Å². The molecule has 0 fully saturated rings. The lowest BCUT2D eigenvalue weighted by Crippen LogP contribution is -2.26. The summed E-state index contributed by atoms with van der Waals surface area (Å²) in [6.07, 6.45) is 4.30. The lowest BCUT2D eigenvalue weighted by atomic mass is 10.1. The van der Waals surface area contributed by atoms with Gasteiger partial charge >= 0.3 is 0 Å². The van der Waals surface area contributed by atoms with Crippen LogP contribution < -0.4 is 10.6 Å². The van der Waals surface area contributed by atoms with Gasteiger partial charge in [0.05, 0.1) is 8.45 Å². The van der Waals surface area contributed by atoms with Gasteiger partial charge in [-0.2, -0.15) is 0 Å². The van der Waals surface area contributed by atoms with Crippen LogP contribution >= 0.6 is 33.9 Å². The van der Waals surface area contributed by atoms with Crippen molar-refractivity contribution < 1.29 is 4.79 Å². The zero-order valence-corrected chi connectivity index (χ0v) is 12.4. The van der Waals surface area contributed by atoms with Crippen LogP contribution in [0.5, 0.6) is 0 Å². The monoisotopic (exact) mass is 362 g/mol. The third-order valence-corrected chi connectivity index (χ3v) is 4.51. The summed E-state index contributed by atoms with van der Waals surface area (Å²) in [6, 6.07) is 1.92. The van der Waals surface area contributed by atoms with Crippen molar-refractivity contribution in [2.45, 2.75) is 12.8 Å². The molecule has 0 bridgehead atoms. The Morgan fingerprint density at radius 2 is 2.47 bits per heavy atom. The summed E-state index contributed by atoms with van der Waals surface area (Å²) in [5.41, 5.74) is 2.22. The molecule has 2 N–H and O–H groups in total. The van der Waals surface area contributed by atoms with Crippen LogP contribution in [0.25, 0.3) is 0 Å². The van der Waals surface area contributed by atoms with Crippen molar-refractivity contribution >= 4 is 39.8 Å². The maximum Gasteiger partial charge on any atom is 0.252 e. The number of hydrogen-bond donors (Lipinski definition) is 2. The largest absolute Gasteiger partial charge is 0.352 e. The van der Waals surface area contributed by atoms with Crippen molar-refractivity contribution in [3.8, 4) is 0 Å². The third-order valence-electron chi connectivity index (χ3n) is 2.72. The summed E-state index contributed by atoms with van der Waals surface area (Å²) < 4.78 is 1.15. The Hall–Kier alpha value is -0.400. The first kappa shape index (κ1) is 13.0. The summed E-state index contributed by atoms with van der Waals surface area (Å²) >= 11 is 3.83. The lowest BCUT2D eigenvalue weighted by Gasteiger charge is -2.13. The summed E-state index contributed by atoms with van der Waals surface area (Å²) in [7, 11) is 0. The first-order chi connectivity index (χ1) is 8.25. The van der Waals surface area contributed by atoms with Gasteiger partial charge in [0, 0.05) is 18.5 Å². The average Bonchev–Trinajstić information content (AvgIpc) is 2.77. The SMILES string of the molecule is O=C(NCCC1=CCNCC1)c1csc(I)c1. The van der Waals surface area contributed by atoms with E-state index in [2.05, 4.69) is 39.3 Å². The summed E-state index contributed by atoms with van der Waals surface area (Å²) in [6.45, 7) is 2.76. The quantitative estimate of drug-likeness (QED) is 0.638. The predicted octanol–water partition coefficient (Wildman–Crippen LogP) is 2.39. The Balaban J connectivity index is 1.75. The number of rotatable bonds is 4. The van der Waals surface area contributed by atoms with Gasteiger partial charge in [0.1, 0.15) is 0 Å². The first-order valence-electron chi connectivity index (χ1n) is 5.66. The second-order valence-electron chi connectivity index (χ2n) is 3.96. The minimum absolute atomic E-state index is 0.0405. The highest BCUT2D eigenvalue weighted by Gasteiger charge is 2.08. The van der Waals surface area contributed by atoms with Crippen LogP contribution in [0, 0.1) is 2.88 Å². The van der Waals surface area contributed by atoms with E-state index in [-0.39, 0.29) is 5.91 Å². The van der Waals surface area contributed by atoms with Crippen molar-refractivity contribution in [3.05, 3.63) is 31.5 Å². The van der Waals surface area contributed by atoms with E-state index in [1.807, 2.05) is 11.4 Å². The zero-order valence-electron chi connectivity index (χ0n) is 9.46. The maximum absolute atomic E-state index is 11.8. The van der Waals surface area contributed by atoms with Crippen LogP contribution in [0.3, 0.4) is 0 Å². The molecule has 0 spiro atoms. The molecule has 1 amide bonds. The number of halogens is 1. The fourth-order valence-corrected chi connectivity index (χ4v) is 3.09. The van der Waals surface area contributed by atoms with Gasteiger partial charge in [0.15, 0.2) is 0 Å². The number of nitrogens with one attached hydrogen (secondary N) is 2. The maximum atomic E-state index is 11.8. The van der Waals surface area contributed by atoms with Gasteiger partial charge in [-0.15, -0.1) is 11.3 Å². The molecule has 2 rings (SSSR count). The normalized spacial score (nSPS) is 15.5. The molecule has 92 valence electrons. The van der Waals surface area contributed by atoms with Gasteiger partial charge in [0.2, 0.25) is 0 Å². The second-order valence-corrected chi connectivity index (χ2v) is 6.77. The molecule has 0 atom stereocenters. The van der Waals surface area contributed by atoms with E-state index in [0.717, 1.165) is 40.9 Å². The van der Waals surface area contributed by atoms with Crippen LogP contribution in [-0.2, 0) is 0 Å². The average molecular weight is 362 g/mol. The van der Waals surface area contributed by atoms with Gasteiger partial charge in [-0.3, -0.25) is 4.79 Å². The van der Waals surface area contributed by atoms with Gasteiger partial charge in [-0.1, -0.05) is 11.6 Å². The molecule has 0 saturated heterocycles. The molecule has 5 heteroatoms. The molecule has 2 heterocycles. The van der Waals surface area contributed by atoms with E-state index < -0.39 is 0 Å². The number of thiophene rings is 1. The van der Waals surface area contributed by atoms with Crippen molar-refractivity contribution in [3.63, 3.8) is 0 Å². The number of amides is 1. The molecular weight excluding hydrogens is 347 g/mol. The zero-order chi connectivity index (χ0) is 12.1. The molecule has 0 radical (unpaired) electrons. The van der Waals surface area contributed by atoms with Crippen molar-refractivity contribution in [1.82, 2.24) is 10.6 Å². The van der Waals surface area contributed by atoms with Crippen molar-refractivity contribution in [2.24, 2.45) is 0 Å². The highest BCUT2D eigenvalue weighted by molar-refractivity contribution is 14.1. The molecule has 0 saturated carbocycles. The minimum atomic E-state index is 0.0405. The molecule has 1 aliphatic rings. The fraction of sp³-hybridized carbons (Fsp3) is 0.417. The van der Waals surface area contributed by atoms with E-state index in [4.69, 9.17) is 0 Å². The standard InChI is InChI=1S/C12H15IN2OS/c13-11-7-10(8-17-11)12(16)15-6-3-9-1-4-14-5-2-9/h1,7-8,14H,2-6H2,(H,15,16). The summed E-state index contributed by atoms with van der Waals surface area (Å²) in [5, 5.41) is 8.15. The molecule has 0 aliphatic carbocycles. The van der Waals surface area contributed by atoms with Gasteiger partial charge in [-0.25, -0.2) is 0 Å². The van der Waals surface area contributed by atoms with E-state index in [1.165, 1.54) is 5.57 Å². The van der Waals surface area contributed by atoms with E-state index in [1.54, 1.807) is 11.3 Å². The molecule has 17 heavy (non-hydrogen) atoms. The van der Waals surface area contributed by atoms with Crippen LogP contribution in [0.15, 0.2) is 23.1 Å². The van der Waals surface area contributed by atoms with Gasteiger partial charge in [0.25, 0.3) is 5.91 Å². The molecular formula is C12H15IN2OS. The molecule has 0 aromatic carbocycles. The Morgan fingerprint density at radius 1 is 1.59 bits per heavy atom. The Labute approximate surface area is 119 Å². The number of carbonyl (C=O) groups excluding carboxylic acids is 1. The van der Waals surface area contributed by atoms with Crippen molar-refractivity contribution in [2.75, 3.05) is 19.6 Å².